The summed E-state index contributed by atoms with van der Waals surface area (Å²) >= 11 is 0. The molecule has 1 saturated carbocycles. The monoisotopic (exact) mass is 266 g/mol. The minimum absolute atomic E-state index is 0.782. The van der Waals surface area contributed by atoms with E-state index < -0.39 is 0 Å². The highest BCUT2D eigenvalue weighted by atomic mass is 15.1. The maximum Gasteiger partial charge on any atom is 0.00823 e. The minimum Gasteiger partial charge on any atom is -0.311 e. The fraction of sp³-hybridized carbons (Fsp3) is 1.00. The zero-order valence-corrected chi connectivity index (χ0v) is 13.3. The van der Waals surface area contributed by atoms with Crippen LogP contribution < -0.4 is 5.32 Å². The first kappa shape index (κ1) is 15.3. The van der Waals surface area contributed by atoms with Gasteiger partial charge in [-0.05, 0) is 76.4 Å². The fourth-order valence-corrected chi connectivity index (χ4v) is 4.28. The third-order valence-corrected chi connectivity index (χ3v) is 5.01. The lowest BCUT2D eigenvalue weighted by atomic mass is 9.80. The van der Waals surface area contributed by atoms with Gasteiger partial charge in [-0.15, -0.1) is 0 Å². The van der Waals surface area contributed by atoms with E-state index in [0.717, 1.165) is 23.9 Å². The molecule has 2 aliphatic rings. The molecule has 0 bridgehead atoms. The van der Waals surface area contributed by atoms with Crippen molar-refractivity contribution < 1.29 is 0 Å². The molecule has 1 N–H and O–H groups in total. The second-order valence-corrected chi connectivity index (χ2v) is 7.25. The van der Waals surface area contributed by atoms with Crippen molar-refractivity contribution in [2.75, 3.05) is 19.6 Å². The van der Waals surface area contributed by atoms with Crippen LogP contribution in [0.3, 0.4) is 0 Å². The minimum atomic E-state index is 0.782. The maximum atomic E-state index is 3.99. The number of nitrogens with one attached hydrogen (secondary N) is 1. The molecule has 0 spiro atoms. The number of hydrogen-bond donors (Lipinski definition) is 1. The highest BCUT2D eigenvalue weighted by molar-refractivity contribution is 4.84. The molecule has 0 amide bonds. The van der Waals surface area contributed by atoms with Gasteiger partial charge in [0.2, 0.25) is 0 Å². The van der Waals surface area contributed by atoms with Crippen molar-refractivity contribution in [3.63, 3.8) is 0 Å². The van der Waals surface area contributed by atoms with Crippen LogP contribution in [0.5, 0.6) is 0 Å². The van der Waals surface area contributed by atoms with Crippen LogP contribution in [0.2, 0.25) is 0 Å². The van der Waals surface area contributed by atoms with E-state index in [1.54, 1.807) is 0 Å². The van der Waals surface area contributed by atoms with Gasteiger partial charge in [0.25, 0.3) is 0 Å². The second kappa shape index (κ2) is 7.64. The number of rotatable bonds is 4. The third kappa shape index (κ3) is 5.07. The van der Waals surface area contributed by atoms with Crippen LogP contribution in [-0.4, -0.2) is 36.6 Å². The third-order valence-electron chi connectivity index (χ3n) is 5.01. The van der Waals surface area contributed by atoms with E-state index in [-0.39, 0.29) is 0 Å². The van der Waals surface area contributed by atoms with Crippen molar-refractivity contribution in [1.29, 1.82) is 0 Å². The van der Waals surface area contributed by atoms with Crippen molar-refractivity contribution in [2.45, 2.75) is 77.8 Å². The van der Waals surface area contributed by atoms with Crippen LogP contribution in [0.4, 0.5) is 0 Å². The van der Waals surface area contributed by atoms with Crippen LogP contribution in [0.15, 0.2) is 0 Å². The summed E-state index contributed by atoms with van der Waals surface area (Å²) in [5, 5.41) is 3.99. The Morgan fingerprint density at radius 1 is 0.947 bits per heavy atom. The quantitative estimate of drug-likeness (QED) is 0.835. The van der Waals surface area contributed by atoms with E-state index in [1.807, 2.05) is 0 Å². The van der Waals surface area contributed by atoms with Gasteiger partial charge < -0.3 is 10.2 Å². The standard InChI is InChI=1S/C17H34N2/c1-4-8-19-9-5-6-16(7-10-19)18-17-12-14(2)11-15(3)13-17/h14-18H,4-13H2,1-3H3. The van der Waals surface area contributed by atoms with E-state index in [4.69, 9.17) is 0 Å². The maximum absolute atomic E-state index is 3.99. The van der Waals surface area contributed by atoms with Crippen molar-refractivity contribution in [1.82, 2.24) is 10.2 Å². The number of likely N-dealkylation sites (tertiary alicyclic amines) is 1. The first-order chi connectivity index (χ1) is 9.17. The Kier molecular flexibility index (Phi) is 6.15. The van der Waals surface area contributed by atoms with E-state index in [2.05, 4.69) is 31.0 Å². The first-order valence-electron chi connectivity index (χ1n) is 8.65. The smallest absolute Gasteiger partial charge is 0.00823 e. The second-order valence-electron chi connectivity index (χ2n) is 7.25. The van der Waals surface area contributed by atoms with Crippen molar-refractivity contribution in [3.8, 4) is 0 Å². The molecule has 3 atom stereocenters. The molecule has 0 aromatic heterocycles. The molecule has 2 heteroatoms. The predicted molar refractivity (Wildman–Crippen MR) is 83.5 cm³/mol. The lowest BCUT2D eigenvalue weighted by molar-refractivity contribution is 0.218. The Morgan fingerprint density at radius 2 is 1.68 bits per heavy atom. The molecule has 2 rings (SSSR count). The molecule has 3 unspecified atom stereocenters. The van der Waals surface area contributed by atoms with Gasteiger partial charge in [-0.2, -0.15) is 0 Å². The number of nitrogens with zero attached hydrogens (tertiary/aromatic N) is 1. The lowest BCUT2D eigenvalue weighted by Gasteiger charge is -2.34. The summed E-state index contributed by atoms with van der Waals surface area (Å²) in [5.41, 5.74) is 0. The van der Waals surface area contributed by atoms with Gasteiger partial charge in [-0.1, -0.05) is 20.8 Å². The molecule has 0 radical (unpaired) electrons. The van der Waals surface area contributed by atoms with Gasteiger partial charge >= 0.3 is 0 Å². The van der Waals surface area contributed by atoms with Crippen LogP contribution in [0.25, 0.3) is 0 Å². The highest BCUT2D eigenvalue weighted by Gasteiger charge is 2.26. The summed E-state index contributed by atoms with van der Waals surface area (Å²) in [7, 11) is 0. The molecule has 1 aliphatic carbocycles. The van der Waals surface area contributed by atoms with Crippen molar-refractivity contribution in [2.24, 2.45) is 11.8 Å². The summed E-state index contributed by atoms with van der Waals surface area (Å²) < 4.78 is 0. The summed E-state index contributed by atoms with van der Waals surface area (Å²) in [5.74, 6) is 1.84. The summed E-state index contributed by atoms with van der Waals surface area (Å²) in [6, 6.07) is 1.57. The van der Waals surface area contributed by atoms with E-state index in [0.29, 0.717) is 0 Å². The SMILES string of the molecule is CCCN1CCCC(NC2CC(C)CC(C)C2)CC1. The molecular formula is C17H34N2. The average Bonchev–Trinajstić information content (AvgIpc) is 2.54. The molecule has 2 nitrogen and oxygen atoms in total. The van der Waals surface area contributed by atoms with E-state index in [1.165, 1.54) is 64.6 Å². The van der Waals surface area contributed by atoms with Crippen molar-refractivity contribution >= 4 is 0 Å². The van der Waals surface area contributed by atoms with Crippen molar-refractivity contribution in [3.05, 3.63) is 0 Å². The molecule has 1 aliphatic heterocycles. The largest absolute Gasteiger partial charge is 0.311 e. The van der Waals surface area contributed by atoms with E-state index in [9.17, 15) is 0 Å². The molecule has 0 aromatic carbocycles. The first-order valence-corrected chi connectivity index (χ1v) is 8.65. The van der Waals surface area contributed by atoms with E-state index >= 15 is 0 Å². The Bertz CT molecular complexity index is 244. The van der Waals surface area contributed by atoms with Gasteiger partial charge in [0, 0.05) is 12.1 Å². The molecular weight excluding hydrogens is 232 g/mol. The van der Waals surface area contributed by atoms with Gasteiger partial charge in [0.1, 0.15) is 0 Å². The van der Waals surface area contributed by atoms with Crippen LogP contribution in [-0.2, 0) is 0 Å². The summed E-state index contributed by atoms with van der Waals surface area (Å²) in [4.78, 5) is 2.66. The Morgan fingerprint density at radius 3 is 2.37 bits per heavy atom. The van der Waals surface area contributed by atoms with Gasteiger partial charge in [0.05, 0.1) is 0 Å². The molecule has 2 fully saturated rings. The van der Waals surface area contributed by atoms with Crippen LogP contribution in [0, 0.1) is 11.8 Å². The Balaban J connectivity index is 1.76. The van der Waals surface area contributed by atoms with Gasteiger partial charge in [0.15, 0.2) is 0 Å². The zero-order valence-electron chi connectivity index (χ0n) is 13.3. The topological polar surface area (TPSA) is 15.3 Å². The van der Waals surface area contributed by atoms with Gasteiger partial charge in [-0.25, -0.2) is 0 Å². The molecule has 112 valence electrons. The molecule has 1 heterocycles. The van der Waals surface area contributed by atoms with Gasteiger partial charge in [-0.3, -0.25) is 0 Å². The average molecular weight is 266 g/mol. The zero-order chi connectivity index (χ0) is 13.7. The molecule has 1 saturated heterocycles. The highest BCUT2D eigenvalue weighted by Crippen LogP contribution is 2.29. The lowest BCUT2D eigenvalue weighted by Crippen LogP contribution is -2.43. The summed E-state index contributed by atoms with van der Waals surface area (Å²) in [6.45, 7) is 11.1. The fourth-order valence-electron chi connectivity index (χ4n) is 4.28. The Labute approximate surface area is 120 Å². The number of hydrogen-bond acceptors (Lipinski definition) is 2. The molecule has 0 aromatic rings. The normalized spacial score (nSPS) is 38.1. The summed E-state index contributed by atoms with van der Waals surface area (Å²) in [6.07, 6.45) is 9.68. The predicted octanol–water partition coefficient (Wildman–Crippen LogP) is 3.67. The molecule has 19 heavy (non-hydrogen) atoms. The Hall–Kier alpha value is -0.0800. The van der Waals surface area contributed by atoms with Crippen LogP contribution in [0.1, 0.15) is 65.7 Å². The van der Waals surface area contributed by atoms with Crippen LogP contribution >= 0.6 is 0 Å².